The zero-order chi connectivity index (χ0) is 13.2. The Morgan fingerprint density at radius 3 is 2.21 bits per heavy atom. The van der Waals surface area contributed by atoms with Crippen molar-refractivity contribution in [3.05, 3.63) is 59.2 Å². The Balaban J connectivity index is 1.95. The summed E-state index contributed by atoms with van der Waals surface area (Å²) in [5.74, 6) is 1.34. The highest BCUT2D eigenvalue weighted by atomic mass is 79.9. The maximum atomic E-state index is 5.77. The van der Waals surface area contributed by atoms with Gasteiger partial charge in [-0.05, 0) is 48.5 Å². The molecule has 1 aromatic heterocycles. The Morgan fingerprint density at radius 1 is 0.895 bits per heavy atom. The summed E-state index contributed by atoms with van der Waals surface area (Å²) in [6.07, 6.45) is 1.73. The molecule has 0 atom stereocenters. The monoisotopic (exact) mass is 314 g/mol. The maximum absolute atomic E-state index is 5.77. The fraction of sp³-hybridized carbons (Fsp3) is 0. The molecule has 1 heterocycles. The van der Waals surface area contributed by atoms with E-state index in [0.29, 0.717) is 5.89 Å². The zero-order valence-corrected chi connectivity index (χ0v) is 11.6. The van der Waals surface area contributed by atoms with Gasteiger partial charge < -0.3 is 10.2 Å². The number of nitrogen functional groups attached to an aromatic ring is 1. The maximum Gasteiger partial charge on any atom is 0.226 e. The molecule has 0 spiro atoms. The first-order valence-corrected chi connectivity index (χ1v) is 6.59. The lowest BCUT2D eigenvalue weighted by molar-refractivity contribution is 0.589. The highest BCUT2D eigenvalue weighted by molar-refractivity contribution is 9.10. The van der Waals surface area contributed by atoms with Crippen LogP contribution < -0.4 is 5.73 Å². The molecule has 0 amide bonds. The number of anilines is 1. The topological polar surface area (TPSA) is 52.0 Å². The third-order valence-electron chi connectivity index (χ3n) is 2.79. The van der Waals surface area contributed by atoms with Gasteiger partial charge in [0.1, 0.15) is 0 Å². The van der Waals surface area contributed by atoms with Crippen LogP contribution >= 0.6 is 15.9 Å². The molecule has 0 saturated heterocycles. The molecule has 3 aromatic rings. The number of rotatable bonds is 2. The molecule has 0 unspecified atom stereocenters. The third-order valence-corrected chi connectivity index (χ3v) is 3.32. The fourth-order valence-corrected chi connectivity index (χ4v) is 2.05. The van der Waals surface area contributed by atoms with Crippen LogP contribution in [0.15, 0.2) is 63.6 Å². The molecule has 0 bridgehead atoms. The molecule has 94 valence electrons. The van der Waals surface area contributed by atoms with E-state index in [-0.39, 0.29) is 0 Å². The van der Waals surface area contributed by atoms with E-state index in [2.05, 4.69) is 20.9 Å². The van der Waals surface area contributed by atoms with E-state index in [9.17, 15) is 0 Å². The Morgan fingerprint density at radius 2 is 1.53 bits per heavy atom. The fourth-order valence-electron chi connectivity index (χ4n) is 1.78. The quantitative estimate of drug-likeness (QED) is 0.715. The SMILES string of the molecule is Nc1ccc(-c2cnc(-c3ccc(Br)cc3)o2)cc1. The molecule has 3 rings (SSSR count). The van der Waals surface area contributed by atoms with Crippen LogP contribution in [-0.2, 0) is 0 Å². The minimum atomic E-state index is 0.610. The first-order valence-electron chi connectivity index (χ1n) is 5.80. The first kappa shape index (κ1) is 12.0. The lowest BCUT2D eigenvalue weighted by Gasteiger charge is -1.98. The van der Waals surface area contributed by atoms with Gasteiger partial charge in [-0.3, -0.25) is 0 Å². The molecule has 0 fully saturated rings. The standard InChI is InChI=1S/C15H11BrN2O/c16-12-5-1-11(2-6-12)15-18-9-14(19-15)10-3-7-13(17)8-4-10/h1-9H,17H2. The van der Waals surface area contributed by atoms with Crippen molar-refractivity contribution >= 4 is 21.6 Å². The second-order valence-electron chi connectivity index (χ2n) is 4.16. The van der Waals surface area contributed by atoms with E-state index >= 15 is 0 Å². The summed E-state index contributed by atoms with van der Waals surface area (Å²) in [6, 6.07) is 15.4. The predicted molar refractivity (Wildman–Crippen MR) is 79.5 cm³/mol. The van der Waals surface area contributed by atoms with Crippen LogP contribution in [0.4, 0.5) is 5.69 Å². The molecule has 2 N–H and O–H groups in total. The van der Waals surface area contributed by atoms with E-state index in [1.165, 1.54) is 0 Å². The molecule has 0 saturated carbocycles. The average molecular weight is 315 g/mol. The van der Waals surface area contributed by atoms with Gasteiger partial charge >= 0.3 is 0 Å². The molecule has 0 radical (unpaired) electrons. The molecule has 0 aliphatic rings. The van der Waals surface area contributed by atoms with Gasteiger partial charge in [-0.15, -0.1) is 0 Å². The van der Waals surface area contributed by atoms with Gasteiger partial charge in [0.15, 0.2) is 5.76 Å². The van der Waals surface area contributed by atoms with Gasteiger partial charge in [-0.25, -0.2) is 4.98 Å². The number of oxazole rings is 1. The van der Waals surface area contributed by atoms with Crippen molar-refractivity contribution in [2.75, 3.05) is 5.73 Å². The van der Waals surface area contributed by atoms with Crippen molar-refractivity contribution in [2.45, 2.75) is 0 Å². The largest absolute Gasteiger partial charge is 0.436 e. The summed E-state index contributed by atoms with van der Waals surface area (Å²) in [5.41, 5.74) is 8.31. The second kappa shape index (κ2) is 4.90. The van der Waals surface area contributed by atoms with Gasteiger partial charge in [0.05, 0.1) is 6.20 Å². The lowest BCUT2D eigenvalue weighted by Crippen LogP contribution is -1.82. The van der Waals surface area contributed by atoms with Crippen LogP contribution in [0.25, 0.3) is 22.8 Å². The van der Waals surface area contributed by atoms with Gasteiger partial charge in [0.2, 0.25) is 5.89 Å². The number of hydrogen-bond acceptors (Lipinski definition) is 3. The Kier molecular flexibility index (Phi) is 3.09. The Labute approximate surface area is 119 Å². The van der Waals surface area contributed by atoms with E-state index in [4.69, 9.17) is 10.2 Å². The van der Waals surface area contributed by atoms with Crippen LogP contribution in [0, 0.1) is 0 Å². The minimum absolute atomic E-state index is 0.610. The number of hydrogen-bond donors (Lipinski definition) is 1. The molecule has 0 aliphatic carbocycles. The first-order chi connectivity index (χ1) is 9.22. The van der Waals surface area contributed by atoms with Crippen molar-refractivity contribution in [3.8, 4) is 22.8 Å². The summed E-state index contributed by atoms with van der Waals surface area (Å²) in [5, 5.41) is 0. The van der Waals surface area contributed by atoms with E-state index in [0.717, 1.165) is 27.0 Å². The van der Waals surface area contributed by atoms with Crippen molar-refractivity contribution in [2.24, 2.45) is 0 Å². The second-order valence-corrected chi connectivity index (χ2v) is 5.07. The zero-order valence-electron chi connectivity index (χ0n) is 10.0. The third kappa shape index (κ3) is 2.53. The summed E-state index contributed by atoms with van der Waals surface area (Å²) >= 11 is 3.40. The molecular formula is C15H11BrN2O. The van der Waals surface area contributed by atoms with Crippen LogP contribution in [0.2, 0.25) is 0 Å². The number of nitrogens with zero attached hydrogens (tertiary/aromatic N) is 1. The molecule has 4 heteroatoms. The molecular weight excluding hydrogens is 304 g/mol. The number of halogens is 1. The average Bonchev–Trinajstić information content (AvgIpc) is 2.90. The minimum Gasteiger partial charge on any atom is -0.436 e. The van der Waals surface area contributed by atoms with Crippen LogP contribution in [0.5, 0.6) is 0 Å². The predicted octanol–water partition coefficient (Wildman–Crippen LogP) is 4.35. The van der Waals surface area contributed by atoms with E-state index < -0.39 is 0 Å². The Hall–Kier alpha value is -2.07. The van der Waals surface area contributed by atoms with E-state index in [1.807, 2.05) is 48.5 Å². The molecule has 0 aliphatic heterocycles. The summed E-state index contributed by atoms with van der Waals surface area (Å²) in [4.78, 5) is 4.30. The van der Waals surface area contributed by atoms with Crippen molar-refractivity contribution in [1.82, 2.24) is 4.98 Å². The molecule has 3 nitrogen and oxygen atoms in total. The normalized spacial score (nSPS) is 10.6. The summed E-state index contributed by atoms with van der Waals surface area (Å²) < 4.78 is 6.80. The Bertz CT molecular complexity index is 627. The van der Waals surface area contributed by atoms with Crippen molar-refractivity contribution < 1.29 is 4.42 Å². The number of aromatic nitrogens is 1. The van der Waals surface area contributed by atoms with Crippen LogP contribution in [0.1, 0.15) is 0 Å². The van der Waals surface area contributed by atoms with E-state index in [1.54, 1.807) is 6.20 Å². The highest BCUT2D eigenvalue weighted by Gasteiger charge is 2.08. The van der Waals surface area contributed by atoms with Crippen molar-refractivity contribution in [1.29, 1.82) is 0 Å². The molecule has 2 aromatic carbocycles. The van der Waals surface area contributed by atoms with Crippen molar-refractivity contribution in [3.63, 3.8) is 0 Å². The van der Waals surface area contributed by atoms with Crippen LogP contribution in [-0.4, -0.2) is 4.98 Å². The lowest BCUT2D eigenvalue weighted by atomic mass is 10.2. The van der Waals surface area contributed by atoms with Gasteiger partial charge in [-0.2, -0.15) is 0 Å². The highest BCUT2D eigenvalue weighted by Crippen LogP contribution is 2.27. The number of benzene rings is 2. The number of nitrogens with two attached hydrogens (primary N) is 1. The smallest absolute Gasteiger partial charge is 0.226 e. The summed E-state index contributed by atoms with van der Waals surface area (Å²) in [7, 11) is 0. The van der Waals surface area contributed by atoms with Gasteiger partial charge in [0, 0.05) is 21.3 Å². The van der Waals surface area contributed by atoms with Crippen LogP contribution in [0.3, 0.4) is 0 Å². The van der Waals surface area contributed by atoms with Gasteiger partial charge in [0.25, 0.3) is 0 Å². The summed E-state index contributed by atoms with van der Waals surface area (Å²) in [6.45, 7) is 0. The molecule has 19 heavy (non-hydrogen) atoms. The van der Waals surface area contributed by atoms with Gasteiger partial charge in [-0.1, -0.05) is 15.9 Å².